The Bertz CT molecular complexity index is 459. The summed E-state index contributed by atoms with van der Waals surface area (Å²) in [5, 5.41) is 0. The average molecular weight is 210 g/mol. The van der Waals surface area contributed by atoms with E-state index in [4.69, 9.17) is 0 Å². The second kappa shape index (κ2) is 4.75. The van der Waals surface area contributed by atoms with E-state index in [0.29, 0.717) is 0 Å². The number of benzene rings is 2. The van der Waals surface area contributed by atoms with E-state index in [2.05, 4.69) is 0 Å². The number of carbonyl (C=O) groups is 1. The van der Waals surface area contributed by atoms with Crippen LogP contribution in [-0.2, 0) is 0 Å². The van der Waals surface area contributed by atoms with E-state index in [1.807, 2.05) is 67.6 Å². The van der Waals surface area contributed by atoms with Gasteiger partial charge in [0.15, 0.2) is 5.78 Å². The topological polar surface area (TPSA) is 17.1 Å². The summed E-state index contributed by atoms with van der Waals surface area (Å²) in [5.41, 5.74) is 1.84. The van der Waals surface area contributed by atoms with Crippen LogP contribution in [0.1, 0.15) is 28.8 Å². The molecular formula is C15H14O. The van der Waals surface area contributed by atoms with E-state index in [-0.39, 0.29) is 11.7 Å². The monoisotopic (exact) mass is 210 g/mol. The molecule has 0 saturated heterocycles. The highest BCUT2D eigenvalue weighted by Crippen LogP contribution is 2.19. The molecule has 0 aliphatic carbocycles. The third-order valence-corrected chi connectivity index (χ3v) is 2.75. The van der Waals surface area contributed by atoms with Gasteiger partial charge in [-0.15, -0.1) is 0 Å². The fraction of sp³-hybridized carbons (Fsp3) is 0.133. The fourth-order valence-electron chi connectivity index (χ4n) is 1.75. The Morgan fingerprint density at radius 2 is 1.38 bits per heavy atom. The molecule has 0 bridgehead atoms. The highest BCUT2D eigenvalue weighted by atomic mass is 16.1. The number of rotatable bonds is 3. The molecule has 0 saturated carbocycles. The SMILES string of the molecule is C[C@@H](C(=O)c1ccccc1)c1ccccc1. The fourth-order valence-corrected chi connectivity index (χ4v) is 1.75. The molecule has 0 fully saturated rings. The first-order chi connectivity index (χ1) is 7.79. The molecule has 80 valence electrons. The van der Waals surface area contributed by atoms with Crippen molar-refractivity contribution in [2.75, 3.05) is 0 Å². The van der Waals surface area contributed by atoms with E-state index in [9.17, 15) is 4.79 Å². The molecule has 0 radical (unpaired) electrons. The minimum absolute atomic E-state index is 0.0800. The van der Waals surface area contributed by atoms with E-state index in [1.165, 1.54) is 0 Å². The van der Waals surface area contributed by atoms with Gasteiger partial charge in [0.1, 0.15) is 0 Å². The van der Waals surface area contributed by atoms with Crippen LogP contribution < -0.4 is 0 Å². The van der Waals surface area contributed by atoms with Crippen molar-refractivity contribution in [3.63, 3.8) is 0 Å². The van der Waals surface area contributed by atoms with Crippen molar-refractivity contribution in [2.45, 2.75) is 12.8 Å². The predicted molar refractivity (Wildman–Crippen MR) is 65.6 cm³/mol. The summed E-state index contributed by atoms with van der Waals surface area (Å²) < 4.78 is 0. The molecule has 0 aliphatic rings. The molecule has 1 nitrogen and oxygen atoms in total. The van der Waals surface area contributed by atoms with Gasteiger partial charge in [-0.05, 0) is 5.56 Å². The lowest BCUT2D eigenvalue weighted by molar-refractivity contribution is 0.0966. The summed E-state index contributed by atoms with van der Waals surface area (Å²) in [5.74, 6) is 0.0930. The predicted octanol–water partition coefficient (Wildman–Crippen LogP) is 3.67. The van der Waals surface area contributed by atoms with Gasteiger partial charge in [-0.25, -0.2) is 0 Å². The number of hydrogen-bond donors (Lipinski definition) is 0. The van der Waals surface area contributed by atoms with Crippen molar-refractivity contribution in [3.8, 4) is 0 Å². The van der Waals surface area contributed by atoms with Crippen LogP contribution in [0, 0.1) is 0 Å². The van der Waals surface area contributed by atoms with Crippen molar-refractivity contribution in [3.05, 3.63) is 71.8 Å². The largest absolute Gasteiger partial charge is 0.294 e. The van der Waals surface area contributed by atoms with Crippen LogP contribution in [-0.4, -0.2) is 5.78 Å². The molecule has 0 aromatic heterocycles. The number of Topliss-reactive ketones (excluding diaryl/α,β-unsaturated/α-hetero) is 1. The Morgan fingerprint density at radius 3 is 1.94 bits per heavy atom. The van der Waals surface area contributed by atoms with Crippen LogP contribution >= 0.6 is 0 Å². The normalized spacial score (nSPS) is 12.1. The second-order valence-electron chi connectivity index (χ2n) is 3.86. The van der Waals surface area contributed by atoms with Gasteiger partial charge in [-0.1, -0.05) is 67.6 Å². The van der Waals surface area contributed by atoms with Gasteiger partial charge in [0.05, 0.1) is 0 Å². The van der Waals surface area contributed by atoms with Gasteiger partial charge in [-0.3, -0.25) is 4.79 Å². The summed E-state index contributed by atoms with van der Waals surface area (Å²) >= 11 is 0. The zero-order valence-electron chi connectivity index (χ0n) is 9.26. The lowest BCUT2D eigenvalue weighted by atomic mass is 9.92. The van der Waals surface area contributed by atoms with Crippen LogP contribution in [0.4, 0.5) is 0 Å². The number of carbonyl (C=O) groups excluding carboxylic acids is 1. The van der Waals surface area contributed by atoms with Crippen molar-refractivity contribution in [2.24, 2.45) is 0 Å². The molecular weight excluding hydrogens is 196 g/mol. The Labute approximate surface area is 95.7 Å². The van der Waals surface area contributed by atoms with Crippen molar-refractivity contribution in [1.82, 2.24) is 0 Å². The Kier molecular flexibility index (Phi) is 3.16. The molecule has 0 aliphatic heterocycles. The van der Waals surface area contributed by atoms with Gasteiger partial charge < -0.3 is 0 Å². The van der Waals surface area contributed by atoms with Crippen molar-refractivity contribution < 1.29 is 4.79 Å². The van der Waals surface area contributed by atoms with Gasteiger partial charge in [-0.2, -0.15) is 0 Å². The molecule has 0 amide bonds. The van der Waals surface area contributed by atoms with Gasteiger partial charge >= 0.3 is 0 Å². The minimum atomic E-state index is -0.0800. The highest BCUT2D eigenvalue weighted by Gasteiger charge is 2.15. The molecule has 2 aromatic carbocycles. The Morgan fingerprint density at radius 1 is 0.875 bits per heavy atom. The Hall–Kier alpha value is -1.89. The van der Waals surface area contributed by atoms with E-state index >= 15 is 0 Å². The number of hydrogen-bond acceptors (Lipinski definition) is 1. The van der Waals surface area contributed by atoms with Crippen LogP contribution in [0.5, 0.6) is 0 Å². The summed E-state index contributed by atoms with van der Waals surface area (Å²) in [6.45, 7) is 1.95. The van der Waals surface area contributed by atoms with Crippen molar-refractivity contribution in [1.29, 1.82) is 0 Å². The van der Waals surface area contributed by atoms with Gasteiger partial charge in [0.2, 0.25) is 0 Å². The van der Waals surface area contributed by atoms with Crippen LogP contribution in [0.2, 0.25) is 0 Å². The molecule has 2 rings (SSSR count). The summed E-state index contributed by atoms with van der Waals surface area (Å²) in [4.78, 5) is 12.1. The minimum Gasteiger partial charge on any atom is -0.294 e. The molecule has 1 heteroatoms. The summed E-state index contributed by atoms with van der Waals surface area (Å²) in [6.07, 6.45) is 0. The summed E-state index contributed by atoms with van der Waals surface area (Å²) in [6, 6.07) is 19.3. The lowest BCUT2D eigenvalue weighted by Gasteiger charge is -2.10. The maximum absolute atomic E-state index is 12.1. The second-order valence-corrected chi connectivity index (χ2v) is 3.86. The van der Waals surface area contributed by atoms with E-state index < -0.39 is 0 Å². The van der Waals surface area contributed by atoms with Crippen LogP contribution in [0.15, 0.2) is 60.7 Å². The Balaban J connectivity index is 2.24. The van der Waals surface area contributed by atoms with Crippen molar-refractivity contribution >= 4 is 5.78 Å². The molecule has 0 spiro atoms. The first-order valence-electron chi connectivity index (χ1n) is 5.43. The molecule has 0 heterocycles. The van der Waals surface area contributed by atoms with E-state index in [0.717, 1.165) is 11.1 Å². The highest BCUT2D eigenvalue weighted by molar-refractivity contribution is 6.00. The molecule has 0 unspecified atom stereocenters. The molecule has 0 N–H and O–H groups in total. The molecule has 1 atom stereocenters. The average Bonchev–Trinajstić information content (AvgIpc) is 2.39. The van der Waals surface area contributed by atoms with Gasteiger partial charge in [0.25, 0.3) is 0 Å². The molecule has 16 heavy (non-hydrogen) atoms. The standard InChI is InChI=1S/C15H14O/c1-12(13-8-4-2-5-9-13)15(16)14-10-6-3-7-11-14/h2-12H,1H3/t12-/m1/s1. The van der Waals surface area contributed by atoms with Crippen LogP contribution in [0.25, 0.3) is 0 Å². The third-order valence-electron chi connectivity index (χ3n) is 2.75. The first-order valence-corrected chi connectivity index (χ1v) is 5.43. The zero-order chi connectivity index (χ0) is 11.4. The van der Waals surface area contributed by atoms with E-state index in [1.54, 1.807) is 0 Å². The maximum Gasteiger partial charge on any atom is 0.170 e. The smallest absolute Gasteiger partial charge is 0.170 e. The van der Waals surface area contributed by atoms with Crippen LogP contribution in [0.3, 0.4) is 0 Å². The maximum atomic E-state index is 12.1. The zero-order valence-corrected chi connectivity index (χ0v) is 9.26. The summed E-state index contributed by atoms with van der Waals surface area (Å²) in [7, 11) is 0. The van der Waals surface area contributed by atoms with Gasteiger partial charge in [0, 0.05) is 11.5 Å². The lowest BCUT2D eigenvalue weighted by Crippen LogP contribution is -2.09. The first kappa shape index (κ1) is 10.6. The quantitative estimate of drug-likeness (QED) is 0.706. The number of ketones is 1. The third kappa shape index (κ3) is 2.19. The molecule has 2 aromatic rings.